The molecule has 0 radical (unpaired) electrons. The minimum absolute atomic E-state index is 0.0849. The van der Waals surface area contributed by atoms with Gasteiger partial charge in [-0.1, -0.05) is 5.16 Å². The summed E-state index contributed by atoms with van der Waals surface area (Å²) < 4.78 is 50.4. The Balaban J connectivity index is 1.87. The molecule has 2 aliphatic rings. The molecule has 3 rings (SSSR count). The van der Waals surface area contributed by atoms with Crippen LogP contribution >= 0.6 is 11.8 Å². The van der Waals surface area contributed by atoms with Gasteiger partial charge in [-0.2, -0.15) is 29.9 Å². The van der Waals surface area contributed by atoms with Crippen LogP contribution in [-0.4, -0.2) is 47.5 Å². The van der Waals surface area contributed by atoms with Crippen LogP contribution in [0.25, 0.3) is 0 Å². The summed E-state index contributed by atoms with van der Waals surface area (Å²) in [6, 6.07) is 0. The molecule has 2 atom stereocenters. The van der Waals surface area contributed by atoms with Gasteiger partial charge in [0.25, 0.3) is 0 Å². The largest absolute Gasteiger partial charge is 0.404 e. The first-order valence-corrected chi connectivity index (χ1v) is 7.49. The van der Waals surface area contributed by atoms with Crippen LogP contribution < -0.4 is 5.32 Å². The normalized spacial score (nSPS) is 31.6. The SMILES string of the molecule is FC(F)(F)C1(c2nc(C3CSCCO3)no2)CCNC1. The number of nitrogens with zero attached hydrogens (tertiary/aromatic N) is 2. The monoisotopic (exact) mass is 309 g/mol. The average molecular weight is 309 g/mol. The van der Waals surface area contributed by atoms with Gasteiger partial charge in [-0.25, -0.2) is 0 Å². The number of hydrogen-bond donors (Lipinski definition) is 1. The van der Waals surface area contributed by atoms with Gasteiger partial charge in [0.2, 0.25) is 11.7 Å². The summed E-state index contributed by atoms with van der Waals surface area (Å²) in [5.74, 6) is 1.36. The number of ether oxygens (including phenoxy) is 1. The van der Waals surface area contributed by atoms with E-state index < -0.39 is 11.6 Å². The quantitative estimate of drug-likeness (QED) is 0.897. The number of hydrogen-bond acceptors (Lipinski definition) is 6. The van der Waals surface area contributed by atoms with Gasteiger partial charge in [-0.05, 0) is 13.0 Å². The van der Waals surface area contributed by atoms with Crippen molar-refractivity contribution in [1.29, 1.82) is 0 Å². The van der Waals surface area contributed by atoms with Crippen molar-refractivity contribution in [3.05, 3.63) is 11.7 Å². The zero-order valence-electron chi connectivity index (χ0n) is 10.6. The second-order valence-corrected chi connectivity index (χ2v) is 6.05. The zero-order chi connectivity index (χ0) is 14.2. The number of nitrogens with one attached hydrogen (secondary N) is 1. The lowest BCUT2D eigenvalue weighted by atomic mass is 9.86. The molecule has 1 aromatic heterocycles. The Morgan fingerprint density at radius 2 is 2.25 bits per heavy atom. The molecule has 3 heterocycles. The Hall–Kier alpha value is -0.800. The highest BCUT2D eigenvalue weighted by atomic mass is 32.2. The first kappa shape index (κ1) is 14.2. The summed E-state index contributed by atoms with van der Waals surface area (Å²) in [6.45, 7) is 0.608. The third kappa shape index (κ3) is 2.31. The predicted octanol–water partition coefficient (Wildman–Crippen LogP) is 1.67. The Morgan fingerprint density at radius 1 is 1.40 bits per heavy atom. The maximum atomic E-state index is 13.3. The summed E-state index contributed by atoms with van der Waals surface area (Å²) in [6.07, 6.45) is -4.88. The van der Waals surface area contributed by atoms with E-state index >= 15 is 0 Å². The highest BCUT2D eigenvalue weighted by Crippen LogP contribution is 2.45. The van der Waals surface area contributed by atoms with Gasteiger partial charge in [-0.15, -0.1) is 0 Å². The third-order valence-electron chi connectivity index (χ3n) is 3.65. The first-order chi connectivity index (χ1) is 9.53. The molecule has 2 saturated heterocycles. The van der Waals surface area contributed by atoms with Crippen LogP contribution in [0.3, 0.4) is 0 Å². The molecule has 112 valence electrons. The summed E-state index contributed by atoms with van der Waals surface area (Å²) in [7, 11) is 0. The van der Waals surface area contributed by atoms with Crippen LogP contribution in [0.1, 0.15) is 24.2 Å². The minimum atomic E-state index is -4.41. The van der Waals surface area contributed by atoms with Crippen LogP contribution in [0.15, 0.2) is 4.52 Å². The van der Waals surface area contributed by atoms with E-state index in [1.807, 2.05) is 0 Å². The van der Waals surface area contributed by atoms with Crippen LogP contribution in [0.4, 0.5) is 13.2 Å². The molecule has 0 aromatic carbocycles. The molecular weight excluding hydrogens is 295 g/mol. The molecule has 2 aliphatic heterocycles. The number of thioether (sulfide) groups is 1. The molecule has 1 N–H and O–H groups in total. The smallest absolute Gasteiger partial charge is 0.368 e. The predicted molar refractivity (Wildman–Crippen MR) is 65.5 cm³/mol. The molecule has 0 bridgehead atoms. The van der Waals surface area contributed by atoms with Crippen molar-refractivity contribution < 1.29 is 22.4 Å². The van der Waals surface area contributed by atoms with Gasteiger partial charge in [0, 0.05) is 18.1 Å². The molecule has 2 fully saturated rings. The van der Waals surface area contributed by atoms with Crippen LogP contribution in [0, 0.1) is 0 Å². The second-order valence-electron chi connectivity index (χ2n) is 4.90. The molecule has 5 nitrogen and oxygen atoms in total. The molecule has 1 aromatic rings. The number of halogens is 3. The van der Waals surface area contributed by atoms with Gasteiger partial charge < -0.3 is 14.6 Å². The molecule has 0 amide bonds. The van der Waals surface area contributed by atoms with E-state index in [0.29, 0.717) is 12.4 Å². The first-order valence-electron chi connectivity index (χ1n) is 6.34. The molecule has 0 saturated carbocycles. The summed E-state index contributed by atoms with van der Waals surface area (Å²) >= 11 is 1.66. The lowest BCUT2D eigenvalue weighted by molar-refractivity contribution is -0.191. The number of alkyl halides is 3. The molecule has 0 aliphatic carbocycles. The number of aromatic nitrogens is 2. The Bertz CT molecular complexity index is 468. The number of rotatable bonds is 2. The van der Waals surface area contributed by atoms with E-state index in [1.54, 1.807) is 11.8 Å². The molecule has 9 heteroatoms. The summed E-state index contributed by atoms with van der Waals surface area (Å²) in [5.41, 5.74) is -2.07. The van der Waals surface area contributed by atoms with Crippen molar-refractivity contribution >= 4 is 11.8 Å². The topological polar surface area (TPSA) is 60.2 Å². The van der Waals surface area contributed by atoms with Crippen LogP contribution in [0.5, 0.6) is 0 Å². The van der Waals surface area contributed by atoms with Gasteiger partial charge in [0.05, 0.1) is 6.61 Å². The highest BCUT2D eigenvalue weighted by Gasteiger charge is 2.61. The average Bonchev–Trinajstić information content (AvgIpc) is 3.09. The fraction of sp³-hybridized carbons (Fsp3) is 0.818. The van der Waals surface area contributed by atoms with Crippen molar-refractivity contribution in [3.63, 3.8) is 0 Å². The molecule has 2 unspecified atom stereocenters. The molecular formula is C11H14F3N3O2S. The Kier molecular flexibility index (Phi) is 3.67. The highest BCUT2D eigenvalue weighted by molar-refractivity contribution is 7.99. The summed E-state index contributed by atoms with van der Waals surface area (Å²) in [5, 5.41) is 6.41. The Labute approximate surface area is 117 Å². The summed E-state index contributed by atoms with van der Waals surface area (Å²) in [4.78, 5) is 3.98. The van der Waals surface area contributed by atoms with Crippen molar-refractivity contribution in [2.45, 2.75) is 24.1 Å². The van der Waals surface area contributed by atoms with Crippen molar-refractivity contribution in [1.82, 2.24) is 15.5 Å². The second kappa shape index (κ2) is 5.19. The maximum Gasteiger partial charge on any atom is 0.404 e. The van der Waals surface area contributed by atoms with E-state index in [1.165, 1.54) is 0 Å². The lowest BCUT2D eigenvalue weighted by Gasteiger charge is -2.26. The lowest BCUT2D eigenvalue weighted by Crippen LogP contribution is -2.44. The van der Waals surface area contributed by atoms with Crippen LogP contribution in [0.2, 0.25) is 0 Å². The van der Waals surface area contributed by atoms with Gasteiger partial charge in [0.15, 0.2) is 5.41 Å². The molecule has 0 spiro atoms. The van der Waals surface area contributed by atoms with Crippen molar-refractivity contribution in [3.8, 4) is 0 Å². The maximum absolute atomic E-state index is 13.3. The van der Waals surface area contributed by atoms with E-state index in [-0.39, 0.29) is 37.3 Å². The van der Waals surface area contributed by atoms with Gasteiger partial charge >= 0.3 is 6.18 Å². The van der Waals surface area contributed by atoms with E-state index in [9.17, 15) is 13.2 Å². The van der Waals surface area contributed by atoms with Crippen LogP contribution in [-0.2, 0) is 10.2 Å². The van der Waals surface area contributed by atoms with Gasteiger partial charge in [-0.3, -0.25) is 0 Å². The molecule has 20 heavy (non-hydrogen) atoms. The third-order valence-corrected chi connectivity index (χ3v) is 4.65. The zero-order valence-corrected chi connectivity index (χ0v) is 11.4. The minimum Gasteiger partial charge on any atom is -0.368 e. The van der Waals surface area contributed by atoms with Crippen molar-refractivity contribution in [2.24, 2.45) is 0 Å². The van der Waals surface area contributed by atoms with E-state index in [2.05, 4.69) is 15.5 Å². The van der Waals surface area contributed by atoms with Gasteiger partial charge in [0.1, 0.15) is 6.10 Å². The van der Waals surface area contributed by atoms with E-state index in [4.69, 9.17) is 9.26 Å². The fourth-order valence-corrected chi connectivity index (χ4v) is 3.27. The fourth-order valence-electron chi connectivity index (χ4n) is 2.43. The standard InChI is InChI=1S/C11H14F3N3O2S/c12-11(13,14)10(1-2-15-6-10)9-16-8(17-19-9)7-5-20-4-3-18-7/h7,15H,1-6H2. The Morgan fingerprint density at radius 3 is 2.85 bits per heavy atom. The van der Waals surface area contributed by atoms with Crippen molar-refractivity contribution in [2.75, 3.05) is 31.2 Å². The van der Waals surface area contributed by atoms with E-state index in [0.717, 1.165) is 5.75 Å².